The topological polar surface area (TPSA) is 109 Å². The summed E-state index contributed by atoms with van der Waals surface area (Å²) in [5, 5.41) is 22.7. The molecular formula is C25H27F2N7O2. The number of piperidine rings is 2. The van der Waals surface area contributed by atoms with Gasteiger partial charge in [-0.2, -0.15) is 4.98 Å². The lowest BCUT2D eigenvalue weighted by atomic mass is 9.82. The highest BCUT2D eigenvalue weighted by Gasteiger charge is 2.46. The normalized spacial score (nSPS) is 25.5. The van der Waals surface area contributed by atoms with E-state index < -0.39 is 17.7 Å². The summed E-state index contributed by atoms with van der Waals surface area (Å²) in [6.07, 6.45) is 7.33. The minimum Gasteiger partial charge on any atom is -0.507 e. The zero-order valence-electron chi connectivity index (χ0n) is 19.8. The second-order valence-corrected chi connectivity index (χ2v) is 9.99. The number of hydrogen-bond donors (Lipinski definition) is 2. The van der Waals surface area contributed by atoms with Crippen LogP contribution in [0.3, 0.4) is 0 Å². The van der Waals surface area contributed by atoms with E-state index >= 15 is 4.39 Å². The highest BCUT2D eigenvalue weighted by atomic mass is 19.1. The van der Waals surface area contributed by atoms with Crippen LogP contribution < -0.4 is 15.9 Å². The monoisotopic (exact) mass is 495 g/mol. The number of aromatic hydroxyl groups is 1. The average Bonchev–Trinajstić information content (AvgIpc) is 3.71. The van der Waals surface area contributed by atoms with Crippen molar-refractivity contribution in [3.63, 3.8) is 0 Å². The fraction of sp³-hybridized carbons (Fsp3) is 0.480. The Hall–Kier alpha value is -3.47. The maximum Gasteiger partial charge on any atom is 0.348 e. The van der Waals surface area contributed by atoms with Crippen LogP contribution in [0, 0.1) is 5.82 Å². The van der Waals surface area contributed by atoms with Gasteiger partial charge in [0.2, 0.25) is 0 Å². The molecule has 4 heterocycles. The number of nitrogens with one attached hydrogen (secondary N) is 1. The Morgan fingerprint density at radius 2 is 2.03 bits per heavy atom. The fourth-order valence-electron chi connectivity index (χ4n) is 5.52. The molecule has 3 fully saturated rings. The Balaban J connectivity index is 1.27. The van der Waals surface area contributed by atoms with Gasteiger partial charge in [-0.15, -0.1) is 10.2 Å². The summed E-state index contributed by atoms with van der Waals surface area (Å²) in [5.41, 5.74) is -0.200. The molecule has 1 aliphatic carbocycles. The maximum absolute atomic E-state index is 15.4. The van der Waals surface area contributed by atoms with E-state index in [9.17, 15) is 14.3 Å². The zero-order valence-corrected chi connectivity index (χ0v) is 19.8. The molecule has 2 aliphatic heterocycles. The molecule has 0 radical (unpaired) electrons. The molecule has 1 saturated carbocycles. The molecule has 2 aromatic heterocycles. The van der Waals surface area contributed by atoms with Crippen LogP contribution in [0.2, 0.25) is 0 Å². The van der Waals surface area contributed by atoms with Crippen LogP contribution in [0.1, 0.15) is 38.5 Å². The van der Waals surface area contributed by atoms with Crippen LogP contribution in [0.25, 0.3) is 22.6 Å². The predicted molar refractivity (Wildman–Crippen MR) is 129 cm³/mol. The standard InChI is InChI=1S/C25H27F2N7O2/c1-33-12-17(26)23(30-25(33)36)13-5-8-16(20(35)9-13)24-28-11-21(31-32-24)34(15-6-7-15)19-10-14-3-2-4-18(29-14)22(19)27/h5,8-9,11-12,14-15,18-19,22,29,35H,2-4,6-7,10H2,1H3/t14-,18+,19+,22-/m1/s1. The second kappa shape index (κ2) is 8.88. The second-order valence-electron chi connectivity index (χ2n) is 9.99. The number of alkyl halides is 1. The van der Waals surface area contributed by atoms with Crippen LogP contribution >= 0.6 is 0 Å². The van der Waals surface area contributed by atoms with E-state index in [-0.39, 0.29) is 41.0 Å². The van der Waals surface area contributed by atoms with E-state index in [0.29, 0.717) is 17.4 Å². The van der Waals surface area contributed by atoms with Gasteiger partial charge in [-0.3, -0.25) is 4.57 Å². The van der Waals surface area contributed by atoms with E-state index in [4.69, 9.17) is 0 Å². The van der Waals surface area contributed by atoms with E-state index in [1.807, 2.05) is 0 Å². The molecule has 2 bridgehead atoms. The van der Waals surface area contributed by atoms with Crippen molar-refractivity contribution < 1.29 is 13.9 Å². The Kier molecular flexibility index (Phi) is 5.66. The Bertz CT molecular complexity index is 1350. The number of fused-ring (bicyclic) bond motifs is 2. The molecule has 3 aromatic rings. The number of phenolic OH excluding ortho intramolecular Hbond substituents is 1. The lowest BCUT2D eigenvalue weighted by Crippen LogP contribution is -2.62. The number of halogens is 2. The van der Waals surface area contributed by atoms with Crippen LogP contribution in [0.5, 0.6) is 5.75 Å². The largest absolute Gasteiger partial charge is 0.507 e. The third-order valence-electron chi connectivity index (χ3n) is 7.46. The number of aromatic nitrogens is 5. The van der Waals surface area contributed by atoms with Gasteiger partial charge in [0, 0.05) is 36.9 Å². The van der Waals surface area contributed by atoms with Crippen LogP contribution in [-0.4, -0.2) is 60.2 Å². The molecule has 0 amide bonds. The fourth-order valence-corrected chi connectivity index (χ4v) is 5.52. The smallest absolute Gasteiger partial charge is 0.348 e. The first-order valence-electron chi connectivity index (χ1n) is 12.3. The van der Waals surface area contributed by atoms with E-state index in [1.54, 1.807) is 6.20 Å². The molecule has 36 heavy (non-hydrogen) atoms. The lowest BCUT2D eigenvalue weighted by Gasteiger charge is -2.47. The first-order chi connectivity index (χ1) is 17.4. The number of benzene rings is 1. The number of rotatable bonds is 5. The number of hydrogen-bond acceptors (Lipinski definition) is 8. The summed E-state index contributed by atoms with van der Waals surface area (Å²) in [5.74, 6) is -0.149. The summed E-state index contributed by atoms with van der Waals surface area (Å²) in [6.45, 7) is 0. The van der Waals surface area contributed by atoms with Gasteiger partial charge in [-0.25, -0.2) is 18.6 Å². The summed E-state index contributed by atoms with van der Waals surface area (Å²) in [7, 11) is 1.41. The van der Waals surface area contributed by atoms with Gasteiger partial charge in [0.25, 0.3) is 0 Å². The highest BCUT2D eigenvalue weighted by Crippen LogP contribution is 2.39. The van der Waals surface area contributed by atoms with Gasteiger partial charge in [-0.1, -0.05) is 12.5 Å². The van der Waals surface area contributed by atoms with Crippen molar-refractivity contribution in [2.75, 3.05) is 4.90 Å². The molecule has 0 unspecified atom stereocenters. The molecule has 6 rings (SSSR count). The van der Waals surface area contributed by atoms with Crippen molar-refractivity contribution >= 4 is 5.82 Å². The van der Waals surface area contributed by atoms with Gasteiger partial charge in [0.15, 0.2) is 17.5 Å². The molecule has 0 spiro atoms. The van der Waals surface area contributed by atoms with Crippen molar-refractivity contribution in [3.8, 4) is 28.4 Å². The number of phenols is 1. The van der Waals surface area contributed by atoms with Crippen molar-refractivity contribution in [3.05, 3.63) is 46.9 Å². The molecule has 2 saturated heterocycles. The minimum absolute atomic E-state index is 0.122. The van der Waals surface area contributed by atoms with Crippen molar-refractivity contribution in [1.29, 1.82) is 0 Å². The lowest BCUT2D eigenvalue weighted by molar-refractivity contribution is 0.104. The molecule has 4 atom stereocenters. The van der Waals surface area contributed by atoms with Crippen LogP contribution in [0.4, 0.5) is 14.6 Å². The zero-order chi connectivity index (χ0) is 25.0. The summed E-state index contributed by atoms with van der Waals surface area (Å²) in [4.78, 5) is 22.1. The third kappa shape index (κ3) is 4.11. The molecular weight excluding hydrogens is 468 g/mol. The van der Waals surface area contributed by atoms with E-state index in [0.717, 1.165) is 49.3 Å². The maximum atomic E-state index is 15.4. The van der Waals surface area contributed by atoms with E-state index in [2.05, 4.69) is 30.4 Å². The van der Waals surface area contributed by atoms with Crippen LogP contribution in [0.15, 0.2) is 35.4 Å². The molecule has 1 aromatic carbocycles. The SMILES string of the molecule is Cn1cc(F)c(-c2ccc(-c3ncc(N(C4CC4)[C@H]4C[C@H]5CCC[C@H](N5)[C@H]4F)nn3)c(O)c2)nc1=O. The molecule has 9 nitrogen and oxygen atoms in total. The van der Waals surface area contributed by atoms with Gasteiger partial charge in [-0.05, 0) is 44.2 Å². The molecule has 188 valence electrons. The number of aryl methyl sites for hydroxylation is 1. The third-order valence-corrected chi connectivity index (χ3v) is 7.46. The van der Waals surface area contributed by atoms with Crippen LogP contribution in [-0.2, 0) is 7.05 Å². The minimum atomic E-state index is -0.982. The van der Waals surface area contributed by atoms with Crippen molar-refractivity contribution in [1.82, 2.24) is 30.0 Å². The van der Waals surface area contributed by atoms with Crippen molar-refractivity contribution in [2.45, 2.75) is 68.9 Å². The Morgan fingerprint density at radius 3 is 2.75 bits per heavy atom. The first-order valence-corrected chi connectivity index (χ1v) is 12.3. The van der Waals surface area contributed by atoms with Gasteiger partial charge < -0.3 is 15.3 Å². The highest BCUT2D eigenvalue weighted by molar-refractivity contribution is 5.71. The Labute approximate surface area is 206 Å². The van der Waals surface area contributed by atoms with Gasteiger partial charge >= 0.3 is 5.69 Å². The van der Waals surface area contributed by atoms with Crippen molar-refractivity contribution in [2.24, 2.45) is 7.05 Å². The van der Waals surface area contributed by atoms with Gasteiger partial charge in [0.05, 0.1) is 17.8 Å². The Morgan fingerprint density at radius 1 is 1.19 bits per heavy atom. The molecule has 11 heteroatoms. The summed E-state index contributed by atoms with van der Waals surface area (Å²) >= 11 is 0. The van der Waals surface area contributed by atoms with Gasteiger partial charge in [0.1, 0.15) is 17.6 Å². The first kappa shape index (κ1) is 23.0. The summed E-state index contributed by atoms with van der Waals surface area (Å²) < 4.78 is 30.8. The quantitative estimate of drug-likeness (QED) is 0.556. The molecule has 3 aliphatic rings. The number of anilines is 1. The number of nitrogens with zero attached hydrogens (tertiary/aromatic N) is 6. The molecule has 2 N–H and O–H groups in total. The average molecular weight is 496 g/mol. The predicted octanol–water partition coefficient (Wildman–Crippen LogP) is 2.73. The summed E-state index contributed by atoms with van der Waals surface area (Å²) in [6, 6.07) is 4.56. The van der Waals surface area contributed by atoms with E-state index in [1.165, 1.54) is 25.2 Å².